The molecule has 0 spiro atoms. The molecule has 0 heteroatoms. The summed E-state index contributed by atoms with van der Waals surface area (Å²) in [6, 6.07) is 0. The standard InChI is InChI=1S/C12H20/c1-2-10-7-8-11-5-3-4-6-12(11)9-10/h9-11H,2-8H2,1H3. The lowest BCUT2D eigenvalue weighted by molar-refractivity contribution is 0.360. The van der Waals surface area contributed by atoms with Gasteiger partial charge in [0.1, 0.15) is 0 Å². The van der Waals surface area contributed by atoms with E-state index >= 15 is 0 Å². The van der Waals surface area contributed by atoms with E-state index < -0.39 is 0 Å². The molecule has 0 amide bonds. The zero-order chi connectivity index (χ0) is 8.39. The smallest absolute Gasteiger partial charge is 0.0203 e. The Hall–Kier alpha value is -0.260. The minimum Gasteiger partial charge on any atom is -0.0819 e. The second-order valence-corrected chi connectivity index (χ2v) is 4.43. The Kier molecular flexibility index (Phi) is 2.53. The van der Waals surface area contributed by atoms with Crippen molar-refractivity contribution in [3.8, 4) is 0 Å². The third-order valence-electron chi connectivity index (χ3n) is 3.65. The van der Waals surface area contributed by atoms with Gasteiger partial charge < -0.3 is 0 Å². The number of hydrogen-bond donors (Lipinski definition) is 0. The van der Waals surface area contributed by atoms with E-state index in [0.717, 1.165) is 11.8 Å². The van der Waals surface area contributed by atoms with Crippen molar-refractivity contribution in [2.45, 2.75) is 51.9 Å². The summed E-state index contributed by atoms with van der Waals surface area (Å²) in [6.45, 7) is 2.32. The van der Waals surface area contributed by atoms with Gasteiger partial charge >= 0.3 is 0 Å². The molecule has 2 rings (SSSR count). The molecule has 0 aliphatic heterocycles. The van der Waals surface area contributed by atoms with Crippen LogP contribution >= 0.6 is 0 Å². The van der Waals surface area contributed by atoms with Crippen LogP contribution in [0.4, 0.5) is 0 Å². The maximum atomic E-state index is 2.60. The van der Waals surface area contributed by atoms with Crippen molar-refractivity contribution in [1.82, 2.24) is 0 Å². The summed E-state index contributed by atoms with van der Waals surface area (Å²) in [5.41, 5.74) is 1.82. The molecule has 2 atom stereocenters. The average Bonchev–Trinajstić information content (AvgIpc) is 2.17. The Balaban J connectivity index is 2.06. The molecule has 2 aliphatic rings. The zero-order valence-corrected chi connectivity index (χ0v) is 8.18. The number of rotatable bonds is 1. The van der Waals surface area contributed by atoms with Gasteiger partial charge in [-0.25, -0.2) is 0 Å². The summed E-state index contributed by atoms with van der Waals surface area (Å²) < 4.78 is 0. The minimum absolute atomic E-state index is 0.925. The Morgan fingerprint density at radius 1 is 1.25 bits per heavy atom. The van der Waals surface area contributed by atoms with Gasteiger partial charge in [0.05, 0.1) is 0 Å². The summed E-state index contributed by atoms with van der Waals surface area (Å²) in [6.07, 6.45) is 12.8. The fourth-order valence-corrected chi connectivity index (χ4v) is 2.78. The lowest BCUT2D eigenvalue weighted by atomic mass is 9.74. The summed E-state index contributed by atoms with van der Waals surface area (Å²) >= 11 is 0. The third-order valence-corrected chi connectivity index (χ3v) is 3.65. The SMILES string of the molecule is CCC1C=C2CCCCC2CC1. The Bertz CT molecular complexity index is 178. The van der Waals surface area contributed by atoms with Crippen molar-refractivity contribution in [1.29, 1.82) is 0 Å². The van der Waals surface area contributed by atoms with Gasteiger partial charge in [0, 0.05) is 0 Å². The van der Waals surface area contributed by atoms with E-state index in [2.05, 4.69) is 13.0 Å². The van der Waals surface area contributed by atoms with Gasteiger partial charge in [-0.3, -0.25) is 0 Å². The Morgan fingerprint density at radius 2 is 2.17 bits per heavy atom. The molecule has 68 valence electrons. The lowest BCUT2D eigenvalue weighted by Crippen LogP contribution is -2.17. The van der Waals surface area contributed by atoms with Crippen molar-refractivity contribution >= 4 is 0 Å². The predicted octanol–water partition coefficient (Wildman–Crippen LogP) is 3.92. The fourth-order valence-electron chi connectivity index (χ4n) is 2.78. The molecule has 0 bridgehead atoms. The van der Waals surface area contributed by atoms with Gasteiger partial charge in [-0.2, -0.15) is 0 Å². The molecule has 0 aromatic heterocycles. The molecule has 1 fully saturated rings. The first kappa shape index (κ1) is 8.34. The summed E-state index contributed by atoms with van der Waals surface area (Å²) in [5.74, 6) is 1.93. The van der Waals surface area contributed by atoms with E-state index in [1.807, 2.05) is 5.57 Å². The molecule has 0 aromatic carbocycles. The van der Waals surface area contributed by atoms with Crippen LogP contribution in [0, 0.1) is 11.8 Å². The van der Waals surface area contributed by atoms with Crippen LogP contribution in [0.3, 0.4) is 0 Å². The van der Waals surface area contributed by atoms with Crippen LogP contribution in [-0.4, -0.2) is 0 Å². The maximum Gasteiger partial charge on any atom is -0.0203 e. The normalized spacial score (nSPS) is 35.6. The average molecular weight is 164 g/mol. The van der Waals surface area contributed by atoms with E-state index in [4.69, 9.17) is 0 Å². The summed E-state index contributed by atoms with van der Waals surface area (Å²) in [7, 11) is 0. The highest BCUT2D eigenvalue weighted by molar-refractivity contribution is 5.13. The van der Waals surface area contributed by atoms with Crippen LogP contribution < -0.4 is 0 Å². The molecule has 0 nitrogen and oxygen atoms in total. The van der Waals surface area contributed by atoms with E-state index in [0.29, 0.717) is 0 Å². The third kappa shape index (κ3) is 1.57. The van der Waals surface area contributed by atoms with Crippen molar-refractivity contribution in [3.63, 3.8) is 0 Å². The second-order valence-electron chi connectivity index (χ2n) is 4.43. The van der Waals surface area contributed by atoms with Crippen LogP contribution in [0.25, 0.3) is 0 Å². The van der Waals surface area contributed by atoms with Crippen molar-refractivity contribution in [2.75, 3.05) is 0 Å². The van der Waals surface area contributed by atoms with Gasteiger partial charge in [0.15, 0.2) is 0 Å². The highest BCUT2D eigenvalue weighted by Crippen LogP contribution is 2.38. The number of hydrogen-bond acceptors (Lipinski definition) is 0. The van der Waals surface area contributed by atoms with Crippen molar-refractivity contribution in [2.24, 2.45) is 11.8 Å². The summed E-state index contributed by atoms with van der Waals surface area (Å²) in [4.78, 5) is 0. The first-order valence-electron chi connectivity index (χ1n) is 5.60. The van der Waals surface area contributed by atoms with Gasteiger partial charge in [-0.1, -0.05) is 25.0 Å². The molecule has 0 radical (unpaired) electrons. The maximum absolute atomic E-state index is 2.60. The van der Waals surface area contributed by atoms with Crippen LogP contribution in [0.15, 0.2) is 11.6 Å². The Morgan fingerprint density at radius 3 is 3.00 bits per heavy atom. The fraction of sp³-hybridized carbons (Fsp3) is 0.833. The minimum atomic E-state index is 0.925. The van der Waals surface area contributed by atoms with Gasteiger partial charge in [-0.15, -0.1) is 0 Å². The highest BCUT2D eigenvalue weighted by atomic mass is 14.3. The molecule has 0 N–H and O–H groups in total. The van der Waals surface area contributed by atoms with Crippen molar-refractivity contribution in [3.05, 3.63) is 11.6 Å². The molecule has 1 saturated carbocycles. The van der Waals surface area contributed by atoms with E-state index in [-0.39, 0.29) is 0 Å². The molecule has 0 saturated heterocycles. The molecule has 0 heterocycles. The highest BCUT2D eigenvalue weighted by Gasteiger charge is 2.23. The van der Waals surface area contributed by atoms with E-state index in [1.165, 1.54) is 44.9 Å². The second kappa shape index (κ2) is 3.64. The monoisotopic (exact) mass is 164 g/mol. The molecule has 2 unspecified atom stereocenters. The summed E-state index contributed by atoms with van der Waals surface area (Å²) in [5, 5.41) is 0. The molecule has 0 aromatic rings. The van der Waals surface area contributed by atoms with Gasteiger partial charge in [-0.05, 0) is 50.4 Å². The quantitative estimate of drug-likeness (QED) is 0.515. The number of fused-ring (bicyclic) bond motifs is 1. The van der Waals surface area contributed by atoms with Crippen LogP contribution in [0.2, 0.25) is 0 Å². The van der Waals surface area contributed by atoms with Crippen molar-refractivity contribution < 1.29 is 0 Å². The first-order valence-corrected chi connectivity index (χ1v) is 5.60. The van der Waals surface area contributed by atoms with Crippen LogP contribution in [-0.2, 0) is 0 Å². The topological polar surface area (TPSA) is 0 Å². The number of allylic oxidation sites excluding steroid dienone is 2. The van der Waals surface area contributed by atoms with Crippen LogP contribution in [0.5, 0.6) is 0 Å². The van der Waals surface area contributed by atoms with Gasteiger partial charge in [0.25, 0.3) is 0 Å². The van der Waals surface area contributed by atoms with Crippen LogP contribution in [0.1, 0.15) is 51.9 Å². The van der Waals surface area contributed by atoms with E-state index in [1.54, 1.807) is 0 Å². The zero-order valence-electron chi connectivity index (χ0n) is 8.18. The molecular weight excluding hydrogens is 144 g/mol. The lowest BCUT2D eigenvalue weighted by Gasteiger charge is -2.31. The molecule has 12 heavy (non-hydrogen) atoms. The van der Waals surface area contributed by atoms with Gasteiger partial charge in [0.2, 0.25) is 0 Å². The largest absolute Gasteiger partial charge is 0.0819 e. The molecular formula is C12H20. The van der Waals surface area contributed by atoms with E-state index in [9.17, 15) is 0 Å². The first-order chi connectivity index (χ1) is 5.90. The Labute approximate surface area is 76.1 Å². The predicted molar refractivity (Wildman–Crippen MR) is 53.1 cm³/mol. The molecule has 2 aliphatic carbocycles.